The Morgan fingerprint density at radius 3 is 2.48 bits per heavy atom. The van der Waals surface area contributed by atoms with Gasteiger partial charge < -0.3 is 5.32 Å². The fourth-order valence-corrected chi connectivity index (χ4v) is 3.67. The first kappa shape index (κ1) is 20.8. The van der Waals surface area contributed by atoms with Gasteiger partial charge in [-0.15, -0.1) is 0 Å². The van der Waals surface area contributed by atoms with Crippen LogP contribution in [0.5, 0.6) is 0 Å². The second-order valence-corrected chi connectivity index (χ2v) is 7.99. The lowest BCUT2D eigenvalue weighted by molar-refractivity contribution is -0.364. The summed E-state index contributed by atoms with van der Waals surface area (Å²) in [6.45, 7) is 9.86. The van der Waals surface area contributed by atoms with Crippen molar-refractivity contribution in [1.82, 2.24) is 5.32 Å². The molecule has 2 amide bonds. The number of carbonyl (C=O) groups is 2. The van der Waals surface area contributed by atoms with E-state index in [0.717, 1.165) is 35.7 Å². The van der Waals surface area contributed by atoms with Gasteiger partial charge in [-0.3, -0.25) is 19.4 Å². The molecule has 1 aliphatic rings. The first-order valence-corrected chi connectivity index (χ1v) is 10.3. The number of rotatable bonds is 6. The van der Waals surface area contributed by atoms with E-state index in [1.54, 1.807) is 11.1 Å². The van der Waals surface area contributed by atoms with Crippen molar-refractivity contribution >= 4 is 23.3 Å². The lowest BCUT2D eigenvalue weighted by Gasteiger charge is -2.25. The van der Waals surface area contributed by atoms with E-state index in [4.69, 9.17) is 0 Å². The predicted molar refractivity (Wildman–Crippen MR) is 115 cm³/mol. The number of hydrogen-bond acceptors (Lipinski definition) is 3. The van der Waals surface area contributed by atoms with Crippen LogP contribution in [0.1, 0.15) is 48.2 Å². The summed E-state index contributed by atoms with van der Waals surface area (Å²) in [5, 5.41) is 2.88. The van der Waals surface area contributed by atoms with Crippen molar-refractivity contribution in [3.63, 3.8) is 0 Å². The van der Waals surface area contributed by atoms with Crippen LogP contribution >= 0.6 is 0 Å². The van der Waals surface area contributed by atoms with Crippen LogP contribution in [0.25, 0.3) is 0 Å². The molecule has 0 unspecified atom stereocenters. The van der Waals surface area contributed by atoms with Gasteiger partial charge in [-0.05, 0) is 63.8 Å². The van der Waals surface area contributed by atoms with E-state index < -0.39 is 0 Å². The van der Waals surface area contributed by atoms with Gasteiger partial charge in [-0.2, -0.15) is 0 Å². The van der Waals surface area contributed by atoms with Gasteiger partial charge in [0.1, 0.15) is 12.7 Å². The number of benzene rings is 1. The molecule has 0 atom stereocenters. The molecule has 2 N–H and O–H groups in total. The number of carbonyl (C=O) groups excluding carboxylic acids is 2. The number of anilines is 2. The standard InChI is InChI=1S/C23H30N4O2/c1-16(2)25-22(28)15-27(20-9-7-8-17(3)18(20)4)23(29)19-10-11-21(24-14-19)26-12-5-6-13-26/h7-11,14,16H,5-6,12-13,15H2,1-4H3,(H,25,28)/p+1. The molecule has 6 nitrogen and oxygen atoms in total. The number of aryl methyl sites for hydroxylation is 1. The quantitative estimate of drug-likeness (QED) is 0.818. The van der Waals surface area contributed by atoms with Crippen molar-refractivity contribution < 1.29 is 14.6 Å². The summed E-state index contributed by atoms with van der Waals surface area (Å²) in [6, 6.07) is 9.63. The molecule has 1 aliphatic heterocycles. The summed E-state index contributed by atoms with van der Waals surface area (Å²) in [4.78, 5) is 33.0. The number of hydrogen-bond donors (Lipinski definition) is 1. The Kier molecular flexibility index (Phi) is 6.52. The monoisotopic (exact) mass is 395 g/mol. The Bertz CT molecular complexity index is 871. The van der Waals surface area contributed by atoms with Crippen molar-refractivity contribution in [2.75, 3.05) is 29.4 Å². The third kappa shape index (κ3) is 4.94. The summed E-state index contributed by atoms with van der Waals surface area (Å²) >= 11 is 0. The minimum atomic E-state index is -0.193. The van der Waals surface area contributed by atoms with Crippen LogP contribution in [0.2, 0.25) is 0 Å². The highest BCUT2D eigenvalue weighted by Crippen LogP contribution is 2.24. The molecule has 0 spiro atoms. The normalized spacial score (nSPS) is 13.6. The third-order valence-electron chi connectivity index (χ3n) is 5.35. The minimum absolute atomic E-state index is 0.0187. The highest BCUT2D eigenvalue weighted by Gasteiger charge is 2.25. The van der Waals surface area contributed by atoms with Crippen molar-refractivity contribution in [2.45, 2.75) is 46.6 Å². The second kappa shape index (κ2) is 9.07. The van der Waals surface area contributed by atoms with E-state index in [-0.39, 0.29) is 24.4 Å². The smallest absolute Gasteiger partial charge is 0.274 e. The summed E-state index contributed by atoms with van der Waals surface area (Å²) in [5.41, 5.74) is 3.38. The Morgan fingerprint density at radius 2 is 1.86 bits per heavy atom. The Labute approximate surface area is 172 Å². The highest BCUT2D eigenvalue weighted by molar-refractivity contribution is 6.09. The van der Waals surface area contributed by atoms with Gasteiger partial charge in [0, 0.05) is 17.8 Å². The maximum Gasteiger partial charge on any atom is 0.274 e. The molecule has 154 valence electrons. The maximum absolute atomic E-state index is 13.4. The van der Waals surface area contributed by atoms with E-state index in [2.05, 4.69) is 15.2 Å². The summed E-state index contributed by atoms with van der Waals surface area (Å²) < 4.78 is 0. The van der Waals surface area contributed by atoms with Crippen molar-refractivity contribution in [1.29, 1.82) is 0 Å². The van der Waals surface area contributed by atoms with Crippen molar-refractivity contribution in [3.8, 4) is 0 Å². The lowest BCUT2D eigenvalue weighted by atomic mass is 10.1. The molecule has 2 aromatic rings. The molecule has 1 fully saturated rings. The molecular weight excluding hydrogens is 364 g/mol. The molecule has 3 rings (SSSR count). The lowest BCUT2D eigenvalue weighted by Crippen LogP contribution is -2.43. The molecule has 29 heavy (non-hydrogen) atoms. The average molecular weight is 396 g/mol. The van der Waals surface area contributed by atoms with Crippen LogP contribution in [0.15, 0.2) is 36.5 Å². The van der Waals surface area contributed by atoms with Gasteiger partial charge in [-0.1, -0.05) is 12.1 Å². The number of amides is 2. The first-order valence-electron chi connectivity index (χ1n) is 10.3. The van der Waals surface area contributed by atoms with Gasteiger partial charge in [0.15, 0.2) is 0 Å². The zero-order valence-corrected chi connectivity index (χ0v) is 17.8. The van der Waals surface area contributed by atoms with Crippen LogP contribution in [0.3, 0.4) is 0 Å². The molecule has 6 heteroatoms. The molecular formula is C23H31N4O2+. The summed E-state index contributed by atoms with van der Waals surface area (Å²) in [6.07, 6.45) is 4.13. The molecule has 0 bridgehead atoms. The van der Waals surface area contributed by atoms with Crippen LogP contribution in [0, 0.1) is 13.8 Å². The number of pyridine rings is 1. The SMILES string of the molecule is Cc1cccc(N(CC(=O)NC(C)C)C(=O)c2ccc(N3CCCC3)[nH+]c2)c1C. The zero-order valence-electron chi connectivity index (χ0n) is 17.8. The van der Waals surface area contributed by atoms with E-state index in [9.17, 15) is 9.59 Å². The largest absolute Gasteiger partial charge is 0.352 e. The van der Waals surface area contributed by atoms with Gasteiger partial charge >= 0.3 is 0 Å². The van der Waals surface area contributed by atoms with Gasteiger partial charge in [0.25, 0.3) is 11.7 Å². The Balaban J connectivity index is 1.89. The van der Waals surface area contributed by atoms with Gasteiger partial charge in [-0.25, -0.2) is 4.98 Å². The highest BCUT2D eigenvalue weighted by atomic mass is 16.2. The van der Waals surface area contributed by atoms with Crippen LogP contribution in [-0.2, 0) is 4.79 Å². The van der Waals surface area contributed by atoms with Crippen LogP contribution < -0.4 is 20.1 Å². The maximum atomic E-state index is 13.4. The third-order valence-corrected chi connectivity index (χ3v) is 5.35. The molecule has 2 heterocycles. The topological polar surface area (TPSA) is 66.8 Å². The molecule has 1 aromatic carbocycles. The van der Waals surface area contributed by atoms with E-state index >= 15 is 0 Å². The number of nitrogens with zero attached hydrogens (tertiary/aromatic N) is 2. The fourth-order valence-electron chi connectivity index (χ4n) is 3.67. The van der Waals surface area contributed by atoms with Crippen LogP contribution in [0.4, 0.5) is 11.5 Å². The van der Waals surface area contributed by atoms with Crippen molar-refractivity contribution in [3.05, 3.63) is 53.2 Å². The van der Waals surface area contributed by atoms with Gasteiger partial charge in [0.2, 0.25) is 5.91 Å². The summed E-state index contributed by atoms with van der Waals surface area (Å²) in [7, 11) is 0. The second-order valence-electron chi connectivity index (χ2n) is 7.99. The predicted octanol–water partition coefficient (Wildman–Crippen LogP) is 2.89. The van der Waals surface area contributed by atoms with Crippen LogP contribution in [-0.4, -0.2) is 37.5 Å². The number of nitrogens with one attached hydrogen (secondary N) is 2. The average Bonchev–Trinajstić information content (AvgIpc) is 3.22. The molecule has 0 aliphatic carbocycles. The first-order chi connectivity index (χ1) is 13.9. The van der Waals surface area contributed by atoms with E-state index in [0.29, 0.717) is 5.56 Å². The molecule has 0 radical (unpaired) electrons. The van der Waals surface area contributed by atoms with E-state index in [1.165, 1.54) is 12.8 Å². The number of aromatic amines is 1. The van der Waals surface area contributed by atoms with Gasteiger partial charge in [0.05, 0.1) is 18.7 Å². The molecule has 0 saturated carbocycles. The zero-order chi connectivity index (χ0) is 21.0. The molecule has 1 aromatic heterocycles. The van der Waals surface area contributed by atoms with E-state index in [1.807, 2.05) is 58.0 Å². The Morgan fingerprint density at radius 1 is 1.14 bits per heavy atom. The fraction of sp³-hybridized carbons (Fsp3) is 0.435. The molecule has 1 saturated heterocycles. The number of aromatic nitrogens is 1. The summed E-state index contributed by atoms with van der Waals surface area (Å²) in [5.74, 6) is 0.656. The minimum Gasteiger partial charge on any atom is -0.352 e. The van der Waals surface area contributed by atoms with Crippen molar-refractivity contribution in [2.24, 2.45) is 0 Å². The Hall–Kier alpha value is -2.89. The number of H-pyrrole nitrogens is 1.